The summed E-state index contributed by atoms with van der Waals surface area (Å²) in [5.41, 5.74) is 0.527. The second-order valence-corrected chi connectivity index (χ2v) is 5.09. The molecule has 0 aliphatic carbocycles. The maximum absolute atomic E-state index is 11.5. The van der Waals surface area contributed by atoms with Gasteiger partial charge in [0, 0.05) is 38.6 Å². The van der Waals surface area contributed by atoms with E-state index >= 15 is 0 Å². The first-order valence-corrected chi connectivity index (χ1v) is 7.02. The summed E-state index contributed by atoms with van der Waals surface area (Å²) in [6, 6.07) is 2.05. The van der Waals surface area contributed by atoms with Gasteiger partial charge in [0.25, 0.3) is 5.56 Å². The Hall–Kier alpha value is -2.66. The van der Waals surface area contributed by atoms with Crippen LogP contribution in [0, 0.1) is 11.3 Å². The number of hydrogen-bond acceptors (Lipinski definition) is 7. The fourth-order valence-corrected chi connectivity index (χ4v) is 2.61. The smallest absolute Gasteiger partial charge is 0.285 e. The van der Waals surface area contributed by atoms with E-state index in [1.165, 1.54) is 6.20 Å². The molecule has 3 heterocycles. The molecule has 0 bridgehead atoms. The van der Waals surface area contributed by atoms with Crippen LogP contribution in [0.3, 0.4) is 0 Å². The highest BCUT2D eigenvalue weighted by atomic mass is 35.5. The normalized spacial score (nSPS) is 14.7. The van der Waals surface area contributed by atoms with E-state index in [0.717, 1.165) is 0 Å². The highest BCUT2D eigenvalue weighted by Gasteiger charge is 2.23. The molecule has 1 fully saturated rings. The van der Waals surface area contributed by atoms with E-state index in [0.29, 0.717) is 43.4 Å². The van der Waals surface area contributed by atoms with E-state index in [2.05, 4.69) is 20.2 Å². The lowest BCUT2D eigenvalue weighted by Gasteiger charge is -2.36. The Balaban J connectivity index is 1.77. The number of nitrogens with one attached hydrogen (secondary N) is 1. The number of H-pyrrole nitrogens is 1. The average molecular weight is 318 g/mol. The number of nitrogens with zero attached hydrogens (tertiary/aromatic N) is 6. The Morgan fingerprint density at radius 3 is 2.59 bits per heavy atom. The Morgan fingerprint density at radius 2 is 1.86 bits per heavy atom. The number of aromatic amines is 1. The van der Waals surface area contributed by atoms with Crippen LogP contribution in [0.4, 0.5) is 11.5 Å². The number of piperazine rings is 1. The third kappa shape index (κ3) is 2.58. The third-order valence-electron chi connectivity index (χ3n) is 3.48. The van der Waals surface area contributed by atoms with Gasteiger partial charge in [-0.2, -0.15) is 10.4 Å². The van der Waals surface area contributed by atoms with Crippen LogP contribution in [0.5, 0.6) is 0 Å². The fraction of sp³-hybridized carbons (Fsp3) is 0.308. The predicted octanol–water partition coefficient (Wildman–Crippen LogP) is 0.412. The van der Waals surface area contributed by atoms with Gasteiger partial charge >= 0.3 is 0 Å². The molecule has 2 aromatic rings. The zero-order valence-electron chi connectivity index (χ0n) is 11.5. The van der Waals surface area contributed by atoms with E-state index in [-0.39, 0.29) is 5.02 Å². The van der Waals surface area contributed by atoms with Gasteiger partial charge in [0.05, 0.1) is 11.9 Å². The molecule has 0 aromatic carbocycles. The minimum absolute atomic E-state index is 0.140. The molecule has 1 aliphatic heterocycles. The molecule has 112 valence electrons. The van der Waals surface area contributed by atoms with Crippen molar-refractivity contribution in [2.24, 2.45) is 0 Å². The largest absolute Gasteiger partial charge is 0.365 e. The Kier molecular flexibility index (Phi) is 3.89. The molecule has 0 amide bonds. The van der Waals surface area contributed by atoms with Crippen LogP contribution in [0.15, 0.2) is 23.4 Å². The van der Waals surface area contributed by atoms with Crippen molar-refractivity contribution in [3.63, 3.8) is 0 Å². The van der Waals surface area contributed by atoms with Crippen LogP contribution >= 0.6 is 11.6 Å². The van der Waals surface area contributed by atoms with Crippen LogP contribution in [0.1, 0.15) is 5.69 Å². The first-order valence-electron chi connectivity index (χ1n) is 6.65. The first kappa shape index (κ1) is 14.3. The number of anilines is 2. The lowest BCUT2D eigenvalue weighted by atomic mass is 10.2. The summed E-state index contributed by atoms with van der Waals surface area (Å²) < 4.78 is 0. The minimum atomic E-state index is -0.401. The van der Waals surface area contributed by atoms with Gasteiger partial charge in [0.2, 0.25) is 0 Å². The lowest BCUT2D eigenvalue weighted by Crippen LogP contribution is -2.47. The van der Waals surface area contributed by atoms with Gasteiger partial charge in [0.15, 0.2) is 11.5 Å². The summed E-state index contributed by atoms with van der Waals surface area (Å²) in [6.45, 7) is 2.59. The zero-order chi connectivity index (χ0) is 15.5. The quantitative estimate of drug-likeness (QED) is 0.856. The van der Waals surface area contributed by atoms with Gasteiger partial charge in [-0.05, 0) is 0 Å². The monoisotopic (exact) mass is 317 g/mol. The minimum Gasteiger partial charge on any atom is -0.365 e. The third-order valence-corrected chi connectivity index (χ3v) is 3.85. The second kappa shape index (κ2) is 5.99. The molecule has 8 nitrogen and oxygen atoms in total. The van der Waals surface area contributed by atoms with E-state index in [4.69, 9.17) is 16.9 Å². The van der Waals surface area contributed by atoms with Crippen molar-refractivity contribution >= 4 is 23.1 Å². The summed E-state index contributed by atoms with van der Waals surface area (Å²) in [4.78, 5) is 23.7. The topological polar surface area (TPSA) is 102 Å². The summed E-state index contributed by atoms with van der Waals surface area (Å²) >= 11 is 6.02. The summed E-state index contributed by atoms with van der Waals surface area (Å²) in [6.07, 6.45) is 4.61. The predicted molar refractivity (Wildman–Crippen MR) is 81.0 cm³/mol. The molecule has 3 rings (SSSR count). The highest BCUT2D eigenvalue weighted by molar-refractivity contribution is 6.33. The second-order valence-electron chi connectivity index (χ2n) is 4.71. The Morgan fingerprint density at radius 1 is 1.18 bits per heavy atom. The standard InChI is InChI=1S/C13H12ClN7O/c14-11-10(8-18-19-13(11)22)20-3-5-21(6-4-20)12-9(7-15)16-1-2-17-12/h1-2,8H,3-6H2,(H,19,22). The van der Waals surface area contributed by atoms with Crippen molar-refractivity contribution in [1.82, 2.24) is 20.2 Å². The van der Waals surface area contributed by atoms with Gasteiger partial charge in [-0.15, -0.1) is 0 Å². The maximum atomic E-state index is 11.5. The van der Waals surface area contributed by atoms with Gasteiger partial charge in [-0.1, -0.05) is 11.6 Å². The zero-order valence-corrected chi connectivity index (χ0v) is 12.3. The van der Waals surface area contributed by atoms with Gasteiger partial charge in [-0.25, -0.2) is 15.1 Å². The van der Waals surface area contributed by atoms with Crippen molar-refractivity contribution < 1.29 is 0 Å². The van der Waals surface area contributed by atoms with Crippen molar-refractivity contribution in [2.45, 2.75) is 0 Å². The van der Waals surface area contributed by atoms with Crippen LogP contribution < -0.4 is 15.4 Å². The highest BCUT2D eigenvalue weighted by Crippen LogP contribution is 2.23. The van der Waals surface area contributed by atoms with E-state index in [1.807, 2.05) is 15.9 Å². The lowest BCUT2D eigenvalue weighted by molar-refractivity contribution is 0.643. The van der Waals surface area contributed by atoms with Crippen molar-refractivity contribution in [2.75, 3.05) is 36.0 Å². The summed E-state index contributed by atoms with van der Waals surface area (Å²) in [7, 11) is 0. The fourth-order valence-electron chi connectivity index (χ4n) is 2.39. The molecule has 1 N–H and O–H groups in total. The van der Waals surface area contributed by atoms with E-state index in [9.17, 15) is 4.79 Å². The number of rotatable bonds is 2. The number of halogens is 1. The molecule has 1 aliphatic rings. The van der Waals surface area contributed by atoms with Gasteiger partial charge in [-0.3, -0.25) is 4.79 Å². The number of nitriles is 1. The molecule has 0 radical (unpaired) electrons. The van der Waals surface area contributed by atoms with Gasteiger partial charge < -0.3 is 9.80 Å². The van der Waals surface area contributed by atoms with Crippen molar-refractivity contribution in [1.29, 1.82) is 5.26 Å². The molecule has 2 aromatic heterocycles. The number of hydrogen-bond donors (Lipinski definition) is 1. The molecule has 22 heavy (non-hydrogen) atoms. The molecule has 0 spiro atoms. The molecule has 0 saturated carbocycles. The van der Waals surface area contributed by atoms with Crippen LogP contribution in [0.25, 0.3) is 0 Å². The Bertz CT molecular complexity index is 776. The molecular formula is C13H12ClN7O. The molecule has 9 heteroatoms. The van der Waals surface area contributed by atoms with Gasteiger partial charge in [0.1, 0.15) is 11.1 Å². The SMILES string of the molecule is N#Cc1nccnc1N1CCN(c2cn[nH]c(=O)c2Cl)CC1. The molecule has 1 saturated heterocycles. The maximum Gasteiger partial charge on any atom is 0.285 e. The molecular weight excluding hydrogens is 306 g/mol. The summed E-state index contributed by atoms with van der Waals surface area (Å²) in [5, 5.41) is 15.3. The van der Waals surface area contributed by atoms with E-state index < -0.39 is 5.56 Å². The first-order chi connectivity index (χ1) is 10.7. The van der Waals surface area contributed by atoms with Crippen molar-refractivity contribution in [3.05, 3.63) is 39.7 Å². The van der Waals surface area contributed by atoms with E-state index in [1.54, 1.807) is 12.4 Å². The number of aromatic nitrogens is 4. The average Bonchev–Trinajstić information content (AvgIpc) is 2.57. The van der Waals surface area contributed by atoms with Crippen LogP contribution in [-0.2, 0) is 0 Å². The van der Waals surface area contributed by atoms with Crippen molar-refractivity contribution in [3.8, 4) is 6.07 Å². The van der Waals surface area contributed by atoms with Crippen LogP contribution in [-0.4, -0.2) is 46.3 Å². The molecule has 0 atom stereocenters. The van der Waals surface area contributed by atoms with Crippen LogP contribution in [0.2, 0.25) is 5.02 Å². The Labute approximate surface area is 131 Å². The summed E-state index contributed by atoms with van der Waals surface area (Å²) in [5.74, 6) is 0.583. The molecule has 0 unspecified atom stereocenters.